The Bertz CT molecular complexity index is 463. The van der Waals surface area contributed by atoms with E-state index in [9.17, 15) is 4.79 Å². The first-order valence-corrected chi connectivity index (χ1v) is 7.58. The van der Waals surface area contributed by atoms with Crippen molar-refractivity contribution in [2.45, 2.75) is 25.7 Å². The van der Waals surface area contributed by atoms with E-state index in [1.54, 1.807) is 0 Å². The highest BCUT2D eigenvalue weighted by Crippen LogP contribution is 2.34. The Labute approximate surface area is 120 Å². The minimum Gasteiger partial charge on any atom is -0.399 e. The van der Waals surface area contributed by atoms with Crippen molar-refractivity contribution in [1.82, 2.24) is 4.90 Å². The van der Waals surface area contributed by atoms with Gasteiger partial charge in [0.1, 0.15) is 0 Å². The fraction of sp³-hybridized carbons (Fsp3) is 0.562. The number of nitrogens with one attached hydrogen (secondary N) is 1. The molecule has 0 spiro atoms. The van der Waals surface area contributed by atoms with E-state index in [1.807, 2.05) is 24.3 Å². The summed E-state index contributed by atoms with van der Waals surface area (Å²) >= 11 is 0. The van der Waals surface area contributed by atoms with Crippen LogP contribution in [0.4, 0.5) is 11.4 Å². The molecule has 1 aromatic carbocycles. The number of hydrogen-bond acceptors (Lipinski definition) is 3. The second-order valence-electron chi connectivity index (χ2n) is 6.11. The van der Waals surface area contributed by atoms with Crippen molar-refractivity contribution < 1.29 is 4.79 Å². The summed E-state index contributed by atoms with van der Waals surface area (Å²) < 4.78 is 0. The molecular weight excluding hydrogens is 250 g/mol. The molecule has 3 aliphatic rings. The number of benzene rings is 1. The van der Waals surface area contributed by atoms with Crippen molar-refractivity contribution in [3.8, 4) is 0 Å². The number of anilines is 2. The highest BCUT2D eigenvalue weighted by molar-refractivity contribution is 5.90. The zero-order valence-corrected chi connectivity index (χ0v) is 11.8. The predicted octanol–water partition coefficient (Wildman–Crippen LogP) is 2.33. The van der Waals surface area contributed by atoms with Crippen LogP contribution in [0.3, 0.4) is 0 Å². The van der Waals surface area contributed by atoms with Gasteiger partial charge < -0.3 is 16.0 Å². The molecule has 1 aromatic rings. The summed E-state index contributed by atoms with van der Waals surface area (Å²) in [4.78, 5) is 14.5. The largest absolute Gasteiger partial charge is 0.399 e. The first-order chi connectivity index (χ1) is 9.70. The maximum atomic E-state index is 12.0. The van der Waals surface area contributed by atoms with Crippen LogP contribution in [0.15, 0.2) is 24.3 Å². The second kappa shape index (κ2) is 5.83. The molecule has 0 aromatic heterocycles. The number of rotatable bonds is 4. The van der Waals surface area contributed by atoms with Crippen LogP contribution in [0.25, 0.3) is 0 Å². The van der Waals surface area contributed by atoms with Crippen molar-refractivity contribution in [2.24, 2.45) is 11.8 Å². The molecule has 3 fully saturated rings. The summed E-state index contributed by atoms with van der Waals surface area (Å²) in [7, 11) is 0. The van der Waals surface area contributed by atoms with E-state index in [0.29, 0.717) is 6.42 Å². The monoisotopic (exact) mass is 273 g/mol. The highest BCUT2D eigenvalue weighted by atomic mass is 16.1. The number of carbonyl (C=O) groups excluding carboxylic acids is 1. The third kappa shape index (κ3) is 3.12. The van der Waals surface area contributed by atoms with Crippen LogP contribution in [-0.4, -0.2) is 30.4 Å². The maximum absolute atomic E-state index is 12.0. The van der Waals surface area contributed by atoms with Crippen molar-refractivity contribution in [3.05, 3.63) is 24.3 Å². The van der Waals surface area contributed by atoms with Crippen LogP contribution >= 0.6 is 0 Å². The summed E-state index contributed by atoms with van der Waals surface area (Å²) in [5.41, 5.74) is 7.18. The lowest BCUT2D eigenvalue weighted by Crippen LogP contribution is -2.47. The molecule has 4 rings (SSSR count). The number of fused-ring (bicyclic) bond motifs is 3. The standard InChI is InChI=1S/C16H23N3O/c17-14-2-4-15(5-3-14)18-16(20)6-1-13-11-19-9-7-12(13)8-10-19/h2-5,12-13H,1,6-11,17H2,(H,18,20). The van der Waals surface area contributed by atoms with E-state index in [0.717, 1.165) is 29.6 Å². The molecule has 20 heavy (non-hydrogen) atoms. The summed E-state index contributed by atoms with van der Waals surface area (Å²) in [6.07, 6.45) is 4.29. The molecule has 0 saturated carbocycles. The highest BCUT2D eigenvalue weighted by Gasteiger charge is 2.33. The average molecular weight is 273 g/mol. The molecule has 2 bridgehead atoms. The van der Waals surface area contributed by atoms with Crippen LogP contribution in [0, 0.1) is 11.8 Å². The molecule has 3 saturated heterocycles. The van der Waals surface area contributed by atoms with Gasteiger partial charge in [-0.15, -0.1) is 0 Å². The van der Waals surface area contributed by atoms with Crippen molar-refractivity contribution in [1.29, 1.82) is 0 Å². The first kappa shape index (κ1) is 13.4. The minimum absolute atomic E-state index is 0.117. The van der Waals surface area contributed by atoms with Gasteiger partial charge in [-0.1, -0.05) is 0 Å². The summed E-state index contributed by atoms with van der Waals surface area (Å²) in [6.45, 7) is 3.72. The Morgan fingerprint density at radius 1 is 1.25 bits per heavy atom. The van der Waals surface area contributed by atoms with Gasteiger partial charge in [-0.3, -0.25) is 4.79 Å². The van der Waals surface area contributed by atoms with Gasteiger partial charge in [-0.05, 0) is 68.5 Å². The number of nitrogens with two attached hydrogens (primary N) is 1. The van der Waals surface area contributed by atoms with Crippen molar-refractivity contribution >= 4 is 17.3 Å². The Kier molecular flexibility index (Phi) is 3.92. The molecule has 3 N–H and O–H groups in total. The SMILES string of the molecule is Nc1ccc(NC(=O)CCC2CN3CCC2CC3)cc1. The second-order valence-corrected chi connectivity index (χ2v) is 6.11. The predicted molar refractivity (Wildman–Crippen MR) is 81.4 cm³/mol. The van der Waals surface area contributed by atoms with E-state index in [2.05, 4.69) is 10.2 Å². The number of hydrogen-bond donors (Lipinski definition) is 2. The molecule has 4 heteroatoms. The number of piperidine rings is 3. The molecule has 1 unspecified atom stereocenters. The fourth-order valence-corrected chi connectivity index (χ4v) is 3.52. The lowest BCUT2D eigenvalue weighted by Gasteiger charge is -2.44. The third-order valence-electron chi connectivity index (χ3n) is 4.73. The molecule has 3 aliphatic heterocycles. The van der Waals surface area contributed by atoms with Gasteiger partial charge >= 0.3 is 0 Å². The third-order valence-corrected chi connectivity index (χ3v) is 4.73. The Morgan fingerprint density at radius 3 is 2.55 bits per heavy atom. The quantitative estimate of drug-likeness (QED) is 0.828. The van der Waals surface area contributed by atoms with Crippen LogP contribution in [0.5, 0.6) is 0 Å². The summed E-state index contributed by atoms with van der Waals surface area (Å²) in [6, 6.07) is 7.31. The Hall–Kier alpha value is -1.55. The number of carbonyl (C=O) groups is 1. The van der Waals surface area contributed by atoms with Gasteiger partial charge in [-0.25, -0.2) is 0 Å². The minimum atomic E-state index is 0.117. The number of nitrogen functional groups attached to an aromatic ring is 1. The van der Waals surface area contributed by atoms with Crippen LogP contribution in [0.2, 0.25) is 0 Å². The molecule has 4 nitrogen and oxygen atoms in total. The lowest BCUT2D eigenvalue weighted by atomic mass is 9.77. The van der Waals surface area contributed by atoms with E-state index in [-0.39, 0.29) is 5.91 Å². The van der Waals surface area contributed by atoms with Crippen molar-refractivity contribution in [2.75, 3.05) is 30.7 Å². The Balaban J connectivity index is 1.46. The average Bonchev–Trinajstić information content (AvgIpc) is 2.49. The van der Waals surface area contributed by atoms with Crippen molar-refractivity contribution in [3.63, 3.8) is 0 Å². The maximum Gasteiger partial charge on any atom is 0.224 e. The van der Waals surface area contributed by atoms with Gasteiger partial charge in [0.25, 0.3) is 0 Å². The molecule has 3 heterocycles. The fourth-order valence-electron chi connectivity index (χ4n) is 3.52. The van der Waals surface area contributed by atoms with Crippen LogP contribution in [0.1, 0.15) is 25.7 Å². The number of nitrogens with zero attached hydrogens (tertiary/aromatic N) is 1. The first-order valence-electron chi connectivity index (χ1n) is 7.58. The van der Waals surface area contributed by atoms with Crippen LogP contribution in [-0.2, 0) is 4.79 Å². The normalized spacial score (nSPS) is 28.3. The zero-order valence-electron chi connectivity index (χ0n) is 11.8. The summed E-state index contributed by atoms with van der Waals surface area (Å²) in [5.74, 6) is 1.69. The molecule has 0 aliphatic carbocycles. The van der Waals surface area contributed by atoms with E-state index in [1.165, 1.54) is 32.5 Å². The zero-order chi connectivity index (χ0) is 13.9. The van der Waals surface area contributed by atoms with Crippen LogP contribution < -0.4 is 11.1 Å². The van der Waals surface area contributed by atoms with Gasteiger partial charge in [0.15, 0.2) is 0 Å². The molecule has 0 radical (unpaired) electrons. The molecule has 1 atom stereocenters. The lowest BCUT2D eigenvalue weighted by molar-refractivity contribution is -0.116. The summed E-state index contributed by atoms with van der Waals surface area (Å²) in [5, 5.41) is 2.94. The molecule has 108 valence electrons. The van der Waals surface area contributed by atoms with Gasteiger partial charge in [-0.2, -0.15) is 0 Å². The van der Waals surface area contributed by atoms with E-state index in [4.69, 9.17) is 5.73 Å². The number of amides is 1. The van der Waals surface area contributed by atoms with Gasteiger partial charge in [0, 0.05) is 24.3 Å². The smallest absolute Gasteiger partial charge is 0.224 e. The van der Waals surface area contributed by atoms with E-state index < -0.39 is 0 Å². The van der Waals surface area contributed by atoms with Gasteiger partial charge in [0.05, 0.1) is 0 Å². The Morgan fingerprint density at radius 2 is 1.95 bits per heavy atom. The molecular formula is C16H23N3O. The van der Waals surface area contributed by atoms with E-state index >= 15 is 0 Å². The van der Waals surface area contributed by atoms with Gasteiger partial charge in [0.2, 0.25) is 5.91 Å². The topological polar surface area (TPSA) is 58.4 Å². The molecule has 1 amide bonds.